The van der Waals surface area contributed by atoms with Gasteiger partial charge in [-0.15, -0.1) is 0 Å². The lowest BCUT2D eigenvalue weighted by Gasteiger charge is -2.01. The first-order chi connectivity index (χ1) is 7.50. The number of nitrogens with zero attached hydrogens (tertiary/aromatic N) is 4. The quantitative estimate of drug-likeness (QED) is 0.813. The molecule has 0 spiro atoms. The summed E-state index contributed by atoms with van der Waals surface area (Å²) >= 11 is 0. The van der Waals surface area contributed by atoms with E-state index in [1.165, 1.54) is 10.9 Å². The van der Waals surface area contributed by atoms with Gasteiger partial charge in [0.2, 0.25) is 0 Å². The predicted molar refractivity (Wildman–Crippen MR) is 57.1 cm³/mol. The molecule has 0 atom stereocenters. The van der Waals surface area contributed by atoms with Crippen molar-refractivity contribution in [2.45, 2.75) is 6.92 Å². The number of aryl methyl sites for hydroxylation is 3. The fraction of sp³-hybridized carbons (Fsp3) is 0.300. The largest absolute Gasteiger partial charge is 0.478 e. The van der Waals surface area contributed by atoms with Crippen molar-refractivity contribution in [1.82, 2.24) is 19.6 Å². The normalized spacial score (nSPS) is 10.7. The van der Waals surface area contributed by atoms with Gasteiger partial charge in [-0.3, -0.25) is 9.36 Å². The molecule has 6 nitrogen and oxygen atoms in total. The number of hydrogen-bond acceptors (Lipinski definition) is 3. The number of hydrogen-bond donors (Lipinski definition) is 1. The third-order valence-electron chi connectivity index (χ3n) is 2.41. The highest BCUT2D eigenvalue weighted by Gasteiger charge is 2.20. The SMILES string of the molecule is Cc1cn(C)nc1-c1c(C(=O)O)cnn1C. The van der Waals surface area contributed by atoms with Crippen molar-refractivity contribution in [2.24, 2.45) is 14.1 Å². The van der Waals surface area contributed by atoms with Crippen LogP contribution in [0, 0.1) is 6.92 Å². The maximum Gasteiger partial charge on any atom is 0.339 e. The van der Waals surface area contributed by atoms with Gasteiger partial charge in [-0.2, -0.15) is 10.2 Å². The Morgan fingerprint density at radius 3 is 2.62 bits per heavy atom. The molecule has 0 aliphatic heterocycles. The predicted octanol–water partition coefficient (Wildman–Crippen LogP) is 0.827. The number of carboxylic acid groups (broad SMARTS) is 1. The minimum absolute atomic E-state index is 0.171. The Bertz CT molecular complexity index is 553. The van der Waals surface area contributed by atoms with E-state index in [2.05, 4.69) is 10.2 Å². The van der Waals surface area contributed by atoms with Gasteiger partial charge < -0.3 is 5.11 Å². The van der Waals surface area contributed by atoms with Crippen LogP contribution in [0.25, 0.3) is 11.4 Å². The lowest BCUT2D eigenvalue weighted by atomic mass is 10.1. The van der Waals surface area contributed by atoms with Crippen LogP contribution in [0.2, 0.25) is 0 Å². The maximum absolute atomic E-state index is 11.0. The van der Waals surface area contributed by atoms with Gasteiger partial charge in [0.1, 0.15) is 17.0 Å². The van der Waals surface area contributed by atoms with Crippen LogP contribution in [0.5, 0.6) is 0 Å². The van der Waals surface area contributed by atoms with Gasteiger partial charge >= 0.3 is 5.97 Å². The van der Waals surface area contributed by atoms with Crippen LogP contribution in [-0.4, -0.2) is 30.6 Å². The summed E-state index contributed by atoms with van der Waals surface area (Å²) < 4.78 is 3.18. The molecule has 0 saturated heterocycles. The summed E-state index contributed by atoms with van der Waals surface area (Å²) in [5.41, 5.74) is 2.28. The fourth-order valence-corrected chi connectivity index (χ4v) is 1.72. The molecule has 2 aromatic rings. The smallest absolute Gasteiger partial charge is 0.339 e. The van der Waals surface area contributed by atoms with Crippen LogP contribution >= 0.6 is 0 Å². The first-order valence-corrected chi connectivity index (χ1v) is 4.76. The average molecular weight is 220 g/mol. The summed E-state index contributed by atoms with van der Waals surface area (Å²) in [6.07, 6.45) is 3.18. The molecule has 84 valence electrons. The fourth-order valence-electron chi connectivity index (χ4n) is 1.72. The highest BCUT2D eigenvalue weighted by molar-refractivity contribution is 5.94. The highest BCUT2D eigenvalue weighted by atomic mass is 16.4. The van der Waals surface area contributed by atoms with Gasteiger partial charge in [0.25, 0.3) is 0 Å². The second kappa shape index (κ2) is 3.48. The number of aromatic nitrogens is 4. The van der Waals surface area contributed by atoms with E-state index in [-0.39, 0.29) is 5.56 Å². The van der Waals surface area contributed by atoms with Gasteiger partial charge in [0.15, 0.2) is 0 Å². The van der Waals surface area contributed by atoms with Crippen molar-refractivity contribution in [3.05, 3.63) is 23.5 Å². The number of aromatic carboxylic acids is 1. The molecular formula is C10H12N4O2. The van der Waals surface area contributed by atoms with Crippen molar-refractivity contribution < 1.29 is 9.90 Å². The Balaban J connectivity index is 2.67. The van der Waals surface area contributed by atoms with Crippen molar-refractivity contribution >= 4 is 5.97 Å². The number of carboxylic acids is 1. The van der Waals surface area contributed by atoms with E-state index in [1.54, 1.807) is 18.8 Å². The van der Waals surface area contributed by atoms with E-state index in [4.69, 9.17) is 5.11 Å². The second-order valence-electron chi connectivity index (χ2n) is 3.67. The molecule has 0 fully saturated rings. The lowest BCUT2D eigenvalue weighted by molar-refractivity contribution is 0.0697. The van der Waals surface area contributed by atoms with Gasteiger partial charge in [-0.05, 0) is 12.5 Å². The first kappa shape index (κ1) is 10.4. The highest BCUT2D eigenvalue weighted by Crippen LogP contribution is 2.24. The van der Waals surface area contributed by atoms with E-state index in [9.17, 15) is 4.79 Å². The van der Waals surface area contributed by atoms with Crippen molar-refractivity contribution in [1.29, 1.82) is 0 Å². The summed E-state index contributed by atoms with van der Waals surface area (Å²) in [6, 6.07) is 0. The molecule has 2 aromatic heterocycles. The van der Waals surface area contributed by atoms with E-state index in [0.717, 1.165) is 5.56 Å². The monoisotopic (exact) mass is 220 g/mol. The van der Waals surface area contributed by atoms with Crippen LogP contribution in [-0.2, 0) is 14.1 Å². The molecule has 0 aliphatic rings. The molecule has 2 rings (SSSR count). The molecule has 6 heteroatoms. The van der Waals surface area contributed by atoms with Gasteiger partial charge in [-0.25, -0.2) is 4.79 Å². The van der Waals surface area contributed by atoms with Crippen molar-refractivity contribution in [3.63, 3.8) is 0 Å². The molecule has 0 saturated carbocycles. The third-order valence-corrected chi connectivity index (χ3v) is 2.41. The van der Waals surface area contributed by atoms with Crippen LogP contribution < -0.4 is 0 Å². The molecule has 0 unspecified atom stereocenters. The third kappa shape index (κ3) is 1.48. The van der Waals surface area contributed by atoms with Crippen molar-refractivity contribution in [2.75, 3.05) is 0 Å². The standard InChI is InChI=1S/C10H12N4O2/c1-6-5-13(2)12-8(6)9-7(10(15)16)4-11-14(9)3/h4-5H,1-3H3,(H,15,16). The van der Waals surface area contributed by atoms with E-state index in [1.807, 2.05) is 13.1 Å². The van der Waals surface area contributed by atoms with Crippen LogP contribution in [0.4, 0.5) is 0 Å². The summed E-state index contributed by atoms with van der Waals surface area (Å²) in [7, 11) is 3.50. The molecular weight excluding hydrogens is 208 g/mol. The minimum Gasteiger partial charge on any atom is -0.478 e. The Morgan fingerprint density at radius 2 is 2.12 bits per heavy atom. The molecule has 16 heavy (non-hydrogen) atoms. The minimum atomic E-state index is -0.992. The number of rotatable bonds is 2. The Kier molecular flexibility index (Phi) is 2.26. The second-order valence-corrected chi connectivity index (χ2v) is 3.67. The van der Waals surface area contributed by atoms with Gasteiger partial charge in [0, 0.05) is 20.3 Å². The lowest BCUT2D eigenvalue weighted by Crippen LogP contribution is -2.02. The maximum atomic E-state index is 11.0. The summed E-state index contributed by atoms with van der Waals surface area (Å²) in [4.78, 5) is 11.0. The van der Waals surface area contributed by atoms with Gasteiger partial charge in [-0.1, -0.05) is 0 Å². The molecule has 0 bridgehead atoms. The van der Waals surface area contributed by atoms with Crippen molar-refractivity contribution in [3.8, 4) is 11.4 Å². The Hall–Kier alpha value is -2.11. The zero-order chi connectivity index (χ0) is 11.9. The Morgan fingerprint density at radius 1 is 1.44 bits per heavy atom. The zero-order valence-electron chi connectivity index (χ0n) is 9.30. The van der Waals surface area contributed by atoms with E-state index < -0.39 is 5.97 Å². The van der Waals surface area contributed by atoms with Crippen LogP contribution in [0.1, 0.15) is 15.9 Å². The Labute approximate surface area is 92.1 Å². The average Bonchev–Trinajstić information content (AvgIpc) is 2.69. The zero-order valence-corrected chi connectivity index (χ0v) is 9.30. The van der Waals surface area contributed by atoms with E-state index in [0.29, 0.717) is 11.4 Å². The molecule has 2 heterocycles. The summed E-state index contributed by atoms with van der Waals surface area (Å²) in [5.74, 6) is -0.992. The van der Waals surface area contributed by atoms with E-state index >= 15 is 0 Å². The topological polar surface area (TPSA) is 72.9 Å². The van der Waals surface area contributed by atoms with Crippen LogP contribution in [0.3, 0.4) is 0 Å². The summed E-state index contributed by atoms with van der Waals surface area (Å²) in [6.45, 7) is 1.89. The molecule has 0 radical (unpaired) electrons. The van der Waals surface area contributed by atoms with Crippen LogP contribution in [0.15, 0.2) is 12.4 Å². The molecule has 0 amide bonds. The molecule has 0 aromatic carbocycles. The number of carbonyl (C=O) groups is 1. The molecule has 0 aliphatic carbocycles. The van der Waals surface area contributed by atoms with Gasteiger partial charge in [0.05, 0.1) is 6.20 Å². The first-order valence-electron chi connectivity index (χ1n) is 4.76. The summed E-state index contributed by atoms with van der Waals surface area (Å²) in [5, 5.41) is 17.3. The molecule has 1 N–H and O–H groups in total.